The van der Waals surface area contributed by atoms with Crippen molar-refractivity contribution in [3.63, 3.8) is 0 Å². The van der Waals surface area contributed by atoms with Crippen LogP contribution in [0.1, 0.15) is 56.1 Å². The molecule has 200 valence electrons. The Morgan fingerprint density at radius 3 is 2.73 bits per heavy atom. The molecule has 5 nitrogen and oxygen atoms in total. The standard InChI is InChI=1S/C32H44N2O3/c1-4-19-34-20-18-32(26-15-11-16-28(35)21-26)23-27(22-30(37-3)29(32)24-34)33(2)31(36)17-10-6-9-14-25-12-7-5-8-13-25/h4-5,7-8,11-13,15-16,21,27,29-30,35H,1,6,9-10,14,17-20,22-24H2,2-3H3/t27-,29-,30?,32-/m0/s1. The Morgan fingerprint density at radius 2 is 2.00 bits per heavy atom. The minimum atomic E-state index is -0.135. The van der Waals surface area contributed by atoms with Gasteiger partial charge in [0.25, 0.3) is 0 Å². The molecule has 2 aliphatic rings. The van der Waals surface area contributed by atoms with Crippen LogP contribution >= 0.6 is 0 Å². The largest absolute Gasteiger partial charge is 0.508 e. The summed E-state index contributed by atoms with van der Waals surface area (Å²) in [6, 6.07) is 18.5. The Bertz CT molecular complexity index is 1030. The highest BCUT2D eigenvalue weighted by Gasteiger charge is 2.53. The number of carbonyl (C=O) groups excluding carboxylic acids is 1. The van der Waals surface area contributed by atoms with E-state index in [2.05, 4.69) is 47.9 Å². The number of methoxy groups -OCH3 is 1. The number of fused-ring (bicyclic) bond motifs is 1. The van der Waals surface area contributed by atoms with E-state index in [0.717, 1.165) is 64.6 Å². The molecule has 1 saturated carbocycles. The van der Waals surface area contributed by atoms with Crippen molar-refractivity contribution in [3.8, 4) is 5.75 Å². The van der Waals surface area contributed by atoms with Crippen molar-refractivity contribution in [2.24, 2.45) is 5.92 Å². The maximum atomic E-state index is 13.3. The molecular weight excluding hydrogens is 460 g/mol. The number of ether oxygens (including phenoxy) is 1. The van der Waals surface area contributed by atoms with Gasteiger partial charge in [-0.15, -0.1) is 6.58 Å². The number of rotatable bonds is 11. The zero-order valence-corrected chi connectivity index (χ0v) is 22.6. The maximum Gasteiger partial charge on any atom is 0.222 e. The van der Waals surface area contributed by atoms with Crippen molar-refractivity contribution in [2.75, 3.05) is 33.8 Å². The van der Waals surface area contributed by atoms with E-state index in [9.17, 15) is 9.90 Å². The number of piperidine rings is 1. The fourth-order valence-corrected chi connectivity index (χ4v) is 6.75. The molecule has 1 amide bonds. The van der Waals surface area contributed by atoms with Crippen molar-refractivity contribution in [3.05, 3.63) is 78.4 Å². The highest BCUT2D eigenvalue weighted by atomic mass is 16.5. The first-order chi connectivity index (χ1) is 18.0. The van der Waals surface area contributed by atoms with Gasteiger partial charge in [-0.1, -0.05) is 55.0 Å². The van der Waals surface area contributed by atoms with Crippen molar-refractivity contribution >= 4 is 5.91 Å². The van der Waals surface area contributed by atoms with E-state index in [0.29, 0.717) is 18.1 Å². The molecule has 1 saturated heterocycles. The molecular formula is C32H44N2O3. The summed E-state index contributed by atoms with van der Waals surface area (Å²) >= 11 is 0. The van der Waals surface area contributed by atoms with Gasteiger partial charge in [0.2, 0.25) is 5.91 Å². The summed E-state index contributed by atoms with van der Waals surface area (Å²) in [7, 11) is 3.79. The van der Waals surface area contributed by atoms with Crippen LogP contribution in [-0.4, -0.2) is 66.8 Å². The topological polar surface area (TPSA) is 53.0 Å². The van der Waals surface area contributed by atoms with Crippen LogP contribution in [0, 0.1) is 5.92 Å². The SMILES string of the molecule is C=CCN1CC[C@@]2(c3cccc(O)c3)C[C@@H](N(C)C(=O)CCCCCc3ccccc3)CC(OC)[C@@H]2C1. The molecule has 0 aromatic heterocycles. The molecule has 2 fully saturated rings. The van der Waals surface area contributed by atoms with Crippen LogP contribution in [0.3, 0.4) is 0 Å². The number of unbranched alkanes of at least 4 members (excludes halogenated alkanes) is 2. The van der Waals surface area contributed by atoms with Gasteiger partial charge >= 0.3 is 0 Å². The lowest BCUT2D eigenvalue weighted by Crippen LogP contribution is -2.61. The average molecular weight is 505 g/mol. The van der Waals surface area contributed by atoms with Crippen LogP contribution in [0.2, 0.25) is 0 Å². The highest BCUT2D eigenvalue weighted by Crippen LogP contribution is 2.51. The summed E-state index contributed by atoms with van der Waals surface area (Å²) in [5, 5.41) is 10.3. The van der Waals surface area contributed by atoms with Crippen LogP contribution in [0.5, 0.6) is 5.75 Å². The van der Waals surface area contributed by atoms with Crippen molar-refractivity contribution in [1.29, 1.82) is 0 Å². The van der Waals surface area contributed by atoms with E-state index < -0.39 is 0 Å². The summed E-state index contributed by atoms with van der Waals surface area (Å²) < 4.78 is 6.13. The molecule has 0 radical (unpaired) electrons. The number of amides is 1. The molecule has 1 N–H and O–H groups in total. The number of carbonyl (C=O) groups is 1. The zero-order chi connectivity index (χ0) is 26.3. The van der Waals surface area contributed by atoms with Gasteiger partial charge in [-0.3, -0.25) is 9.69 Å². The van der Waals surface area contributed by atoms with Crippen LogP contribution < -0.4 is 0 Å². The third kappa shape index (κ3) is 6.45. The fraction of sp³-hybridized carbons (Fsp3) is 0.531. The van der Waals surface area contributed by atoms with Crippen LogP contribution in [-0.2, 0) is 21.4 Å². The van der Waals surface area contributed by atoms with E-state index >= 15 is 0 Å². The molecule has 1 aliphatic heterocycles. The number of phenolic OH excluding ortho intramolecular Hbond substituents is 1. The quantitative estimate of drug-likeness (QED) is 0.321. The molecule has 0 spiro atoms. The van der Waals surface area contributed by atoms with E-state index in [-0.39, 0.29) is 23.5 Å². The molecule has 2 aromatic carbocycles. The van der Waals surface area contributed by atoms with Crippen molar-refractivity contribution in [1.82, 2.24) is 9.80 Å². The number of nitrogens with zero attached hydrogens (tertiary/aromatic N) is 2. The Labute approximate surface area is 223 Å². The van der Waals surface area contributed by atoms with Gasteiger partial charge in [0.15, 0.2) is 0 Å². The number of aryl methyl sites for hydroxylation is 1. The lowest BCUT2D eigenvalue weighted by Gasteiger charge is -2.56. The molecule has 1 aliphatic carbocycles. The van der Waals surface area contributed by atoms with Gasteiger partial charge in [0, 0.05) is 51.0 Å². The van der Waals surface area contributed by atoms with E-state index in [1.807, 2.05) is 30.2 Å². The summed E-state index contributed by atoms with van der Waals surface area (Å²) in [5.74, 6) is 0.828. The molecule has 1 unspecified atom stereocenters. The summed E-state index contributed by atoms with van der Waals surface area (Å²) in [5.41, 5.74) is 2.40. The van der Waals surface area contributed by atoms with Crippen LogP contribution in [0.4, 0.5) is 0 Å². The smallest absolute Gasteiger partial charge is 0.222 e. The second kappa shape index (κ2) is 12.7. The second-order valence-electron chi connectivity index (χ2n) is 11.0. The van der Waals surface area contributed by atoms with Gasteiger partial charge in [0.1, 0.15) is 5.75 Å². The first-order valence-corrected chi connectivity index (χ1v) is 13.9. The minimum Gasteiger partial charge on any atom is -0.508 e. The van der Waals surface area contributed by atoms with Crippen LogP contribution in [0.15, 0.2) is 67.3 Å². The van der Waals surface area contributed by atoms with Gasteiger partial charge in [-0.2, -0.15) is 0 Å². The maximum absolute atomic E-state index is 13.3. The van der Waals surface area contributed by atoms with Crippen LogP contribution in [0.25, 0.3) is 0 Å². The van der Waals surface area contributed by atoms with Crippen molar-refractivity contribution < 1.29 is 14.6 Å². The fourth-order valence-electron chi connectivity index (χ4n) is 6.75. The van der Waals surface area contributed by atoms with Crippen molar-refractivity contribution in [2.45, 2.75) is 68.9 Å². The first-order valence-electron chi connectivity index (χ1n) is 13.9. The molecule has 0 bridgehead atoms. The summed E-state index contributed by atoms with van der Waals surface area (Å²) in [6.45, 7) is 6.72. The van der Waals surface area contributed by atoms with E-state index in [1.54, 1.807) is 13.2 Å². The molecule has 1 heterocycles. The van der Waals surface area contributed by atoms with E-state index in [1.165, 1.54) is 11.1 Å². The lowest BCUT2D eigenvalue weighted by molar-refractivity contribution is -0.137. The summed E-state index contributed by atoms with van der Waals surface area (Å²) in [6.07, 6.45) is 9.51. The number of phenols is 1. The lowest BCUT2D eigenvalue weighted by atomic mass is 9.56. The monoisotopic (exact) mass is 504 g/mol. The Kier molecular flexibility index (Phi) is 9.44. The third-order valence-electron chi connectivity index (χ3n) is 8.84. The molecule has 37 heavy (non-hydrogen) atoms. The number of likely N-dealkylation sites (tertiary alicyclic amines) is 1. The van der Waals surface area contributed by atoms with Gasteiger partial charge in [-0.05, 0) is 68.3 Å². The normalized spacial score (nSPS) is 25.8. The number of hydrogen-bond acceptors (Lipinski definition) is 4. The number of hydrogen-bond donors (Lipinski definition) is 1. The zero-order valence-electron chi connectivity index (χ0n) is 22.6. The molecule has 2 aromatic rings. The highest BCUT2D eigenvalue weighted by molar-refractivity contribution is 5.76. The second-order valence-corrected chi connectivity index (χ2v) is 11.0. The first kappa shape index (κ1) is 27.4. The Hall–Kier alpha value is -2.63. The predicted octanol–water partition coefficient (Wildman–Crippen LogP) is 5.58. The Balaban J connectivity index is 1.44. The number of benzene rings is 2. The third-order valence-corrected chi connectivity index (χ3v) is 8.84. The summed E-state index contributed by atoms with van der Waals surface area (Å²) in [4.78, 5) is 17.7. The minimum absolute atomic E-state index is 0.0508. The van der Waals surface area contributed by atoms with Gasteiger partial charge < -0.3 is 14.7 Å². The van der Waals surface area contributed by atoms with Gasteiger partial charge in [0.05, 0.1) is 6.10 Å². The van der Waals surface area contributed by atoms with E-state index in [4.69, 9.17) is 4.74 Å². The van der Waals surface area contributed by atoms with Gasteiger partial charge in [-0.25, -0.2) is 0 Å². The number of aromatic hydroxyl groups is 1. The predicted molar refractivity (Wildman–Crippen MR) is 150 cm³/mol. The molecule has 5 heteroatoms. The molecule has 4 atom stereocenters. The molecule has 4 rings (SSSR count). The Morgan fingerprint density at radius 1 is 1.19 bits per heavy atom. The average Bonchev–Trinajstić information content (AvgIpc) is 2.92.